The average molecular weight is 566 g/mol. The number of pyridine rings is 1. The maximum Gasteiger partial charge on any atom is 0.193 e. The van der Waals surface area contributed by atoms with Crippen LogP contribution in [-0.2, 0) is 11.3 Å². The van der Waals surface area contributed by atoms with Crippen molar-refractivity contribution in [3.8, 4) is 5.75 Å². The van der Waals surface area contributed by atoms with Gasteiger partial charge in [0.25, 0.3) is 0 Å². The van der Waals surface area contributed by atoms with E-state index < -0.39 is 0 Å². The predicted octanol–water partition coefficient (Wildman–Crippen LogP) is 3.89. The lowest BCUT2D eigenvalue weighted by Gasteiger charge is -2.36. The van der Waals surface area contributed by atoms with Gasteiger partial charge in [-0.05, 0) is 49.6 Å². The minimum atomic E-state index is 0. The number of aliphatic imine (C=N–C) groups is 1. The third-order valence-corrected chi connectivity index (χ3v) is 6.29. The van der Waals surface area contributed by atoms with E-state index in [1.807, 2.05) is 25.4 Å². The number of likely N-dealkylation sites (tertiary alicyclic amines) is 1. The van der Waals surface area contributed by atoms with Gasteiger partial charge in [0.1, 0.15) is 11.6 Å². The SMILES string of the molecule is CN=C(NCc1ccc(N2CC(C)OC(C)C2)nc1)N1CCC(c2ccc(OC)cc2)C1.I. The van der Waals surface area contributed by atoms with Crippen molar-refractivity contribution in [2.75, 3.05) is 45.2 Å². The van der Waals surface area contributed by atoms with Gasteiger partial charge < -0.3 is 24.6 Å². The Morgan fingerprint density at radius 1 is 1.12 bits per heavy atom. The predicted molar refractivity (Wildman–Crippen MR) is 144 cm³/mol. The van der Waals surface area contributed by atoms with Crippen LogP contribution in [0.25, 0.3) is 0 Å². The Balaban J connectivity index is 0.00000306. The van der Waals surface area contributed by atoms with Crippen LogP contribution in [0.4, 0.5) is 5.82 Å². The number of nitrogens with one attached hydrogen (secondary N) is 1. The molecule has 4 rings (SSSR count). The van der Waals surface area contributed by atoms with E-state index in [9.17, 15) is 0 Å². The Labute approximate surface area is 214 Å². The summed E-state index contributed by atoms with van der Waals surface area (Å²) in [7, 11) is 3.56. The number of aromatic nitrogens is 1. The van der Waals surface area contributed by atoms with E-state index in [-0.39, 0.29) is 36.2 Å². The third kappa shape index (κ3) is 6.50. The molecule has 2 aliphatic heterocycles. The van der Waals surface area contributed by atoms with Gasteiger partial charge in [-0.3, -0.25) is 4.99 Å². The summed E-state index contributed by atoms with van der Waals surface area (Å²) in [6.45, 7) is 8.67. The first kappa shape index (κ1) is 25.6. The second kappa shape index (κ2) is 11.9. The number of rotatable bonds is 5. The molecule has 7 nitrogen and oxygen atoms in total. The van der Waals surface area contributed by atoms with Crippen LogP contribution in [0.3, 0.4) is 0 Å². The maximum atomic E-state index is 5.83. The van der Waals surface area contributed by atoms with Crippen molar-refractivity contribution in [3.05, 3.63) is 53.7 Å². The van der Waals surface area contributed by atoms with Crippen molar-refractivity contribution >= 4 is 35.8 Å². The molecular formula is C25H36IN5O2. The summed E-state index contributed by atoms with van der Waals surface area (Å²) in [6, 6.07) is 12.7. The number of nitrogens with zero attached hydrogens (tertiary/aromatic N) is 4. The highest BCUT2D eigenvalue weighted by Crippen LogP contribution is 2.28. The second-order valence-electron chi connectivity index (χ2n) is 8.79. The molecule has 2 aliphatic rings. The van der Waals surface area contributed by atoms with Gasteiger partial charge in [0.2, 0.25) is 0 Å². The topological polar surface area (TPSA) is 62.2 Å². The monoisotopic (exact) mass is 565 g/mol. The molecule has 1 aromatic heterocycles. The number of methoxy groups -OCH3 is 1. The van der Waals surface area contributed by atoms with Gasteiger partial charge in [0.05, 0.1) is 19.3 Å². The number of hydrogen-bond acceptors (Lipinski definition) is 5. The molecule has 0 spiro atoms. The van der Waals surface area contributed by atoms with Crippen molar-refractivity contribution in [3.63, 3.8) is 0 Å². The van der Waals surface area contributed by atoms with Gasteiger partial charge in [-0.15, -0.1) is 24.0 Å². The van der Waals surface area contributed by atoms with Crippen molar-refractivity contribution in [1.82, 2.24) is 15.2 Å². The zero-order valence-corrected chi connectivity index (χ0v) is 22.4. The summed E-state index contributed by atoms with van der Waals surface area (Å²) < 4.78 is 11.1. The summed E-state index contributed by atoms with van der Waals surface area (Å²) in [4.78, 5) is 13.9. The first-order valence-electron chi connectivity index (χ1n) is 11.5. The van der Waals surface area contributed by atoms with Crippen LogP contribution in [0.1, 0.15) is 37.3 Å². The lowest BCUT2D eigenvalue weighted by Crippen LogP contribution is -2.45. The van der Waals surface area contributed by atoms with Crippen LogP contribution in [0.5, 0.6) is 5.75 Å². The fraction of sp³-hybridized carbons (Fsp3) is 0.520. The zero-order chi connectivity index (χ0) is 22.5. The minimum Gasteiger partial charge on any atom is -0.497 e. The third-order valence-electron chi connectivity index (χ3n) is 6.29. The number of anilines is 1. The quantitative estimate of drug-likeness (QED) is 0.338. The molecule has 180 valence electrons. The van der Waals surface area contributed by atoms with E-state index in [4.69, 9.17) is 14.5 Å². The molecule has 3 unspecified atom stereocenters. The van der Waals surface area contributed by atoms with E-state index in [1.54, 1.807) is 7.11 Å². The molecule has 0 bridgehead atoms. The van der Waals surface area contributed by atoms with Crippen molar-refractivity contribution in [2.24, 2.45) is 4.99 Å². The van der Waals surface area contributed by atoms with E-state index in [0.717, 1.165) is 55.7 Å². The lowest BCUT2D eigenvalue weighted by atomic mass is 9.98. The zero-order valence-electron chi connectivity index (χ0n) is 20.0. The molecule has 0 radical (unpaired) electrons. The molecule has 1 N–H and O–H groups in total. The summed E-state index contributed by atoms with van der Waals surface area (Å²) in [5.74, 6) is 3.37. The lowest BCUT2D eigenvalue weighted by molar-refractivity contribution is -0.00545. The van der Waals surface area contributed by atoms with Gasteiger partial charge in [-0.25, -0.2) is 4.98 Å². The van der Waals surface area contributed by atoms with Gasteiger partial charge in [0, 0.05) is 51.9 Å². The fourth-order valence-electron chi connectivity index (χ4n) is 4.69. The molecule has 2 saturated heterocycles. The fourth-order valence-corrected chi connectivity index (χ4v) is 4.69. The van der Waals surface area contributed by atoms with Crippen molar-refractivity contribution in [1.29, 1.82) is 0 Å². The smallest absolute Gasteiger partial charge is 0.193 e. The first-order chi connectivity index (χ1) is 15.6. The molecule has 33 heavy (non-hydrogen) atoms. The molecule has 8 heteroatoms. The number of ether oxygens (including phenoxy) is 2. The molecule has 0 saturated carbocycles. The number of guanidine groups is 1. The van der Waals surface area contributed by atoms with E-state index in [0.29, 0.717) is 12.5 Å². The Morgan fingerprint density at radius 2 is 1.85 bits per heavy atom. The van der Waals surface area contributed by atoms with Crippen LogP contribution in [0, 0.1) is 0 Å². The normalized spacial score (nSPS) is 23.3. The highest BCUT2D eigenvalue weighted by Gasteiger charge is 2.26. The van der Waals surface area contributed by atoms with Crippen molar-refractivity contribution < 1.29 is 9.47 Å². The Morgan fingerprint density at radius 3 is 2.45 bits per heavy atom. The van der Waals surface area contributed by atoms with Crippen LogP contribution in [-0.4, -0.2) is 68.4 Å². The highest BCUT2D eigenvalue weighted by atomic mass is 127. The van der Waals surface area contributed by atoms with Gasteiger partial charge in [-0.2, -0.15) is 0 Å². The molecule has 2 aromatic rings. The Hall–Kier alpha value is -2.07. The number of benzene rings is 1. The largest absolute Gasteiger partial charge is 0.497 e. The van der Waals surface area contributed by atoms with E-state index in [1.165, 1.54) is 5.56 Å². The number of hydrogen-bond donors (Lipinski definition) is 1. The summed E-state index contributed by atoms with van der Waals surface area (Å²) >= 11 is 0. The average Bonchev–Trinajstić information content (AvgIpc) is 3.29. The number of halogens is 1. The maximum absolute atomic E-state index is 5.83. The summed E-state index contributed by atoms with van der Waals surface area (Å²) in [5, 5.41) is 3.51. The first-order valence-corrected chi connectivity index (χ1v) is 11.5. The Bertz CT molecular complexity index is 896. The Kier molecular flexibility index (Phi) is 9.19. The molecule has 0 amide bonds. The van der Waals surface area contributed by atoms with Crippen LogP contribution < -0.4 is 15.0 Å². The standard InChI is InChI=1S/C25H35N5O2.HI/c1-18-15-30(16-19(2)32-18)24-10-5-20(13-27-24)14-28-25(26-3)29-12-11-22(17-29)21-6-8-23(31-4)9-7-21;/h5-10,13,18-19,22H,11-12,14-17H2,1-4H3,(H,26,28);1H. The van der Waals surface area contributed by atoms with E-state index in [2.05, 4.69) is 58.2 Å². The van der Waals surface area contributed by atoms with Gasteiger partial charge in [-0.1, -0.05) is 18.2 Å². The van der Waals surface area contributed by atoms with Crippen LogP contribution >= 0.6 is 24.0 Å². The second-order valence-corrected chi connectivity index (χ2v) is 8.79. The van der Waals surface area contributed by atoms with Crippen molar-refractivity contribution in [2.45, 2.75) is 44.9 Å². The molecule has 3 heterocycles. The van der Waals surface area contributed by atoms with Crippen LogP contribution in [0.15, 0.2) is 47.6 Å². The van der Waals surface area contributed by atoms with Gasteiger partial charge >= 0.3 is 0 Å². The van der Waals surface area contributed by atoms with Crippen LogP contribution in [0.2, 0.25) is 0 Å². The molecule has 0 aliphatic carbocycles. The minimum absolute atomic E-state index is 0. The summed E-state index contributed by atoms with van der Waals surface area (Å²) in [6.07, 6.45) is 3.55. The molecule has 1 aromatic carbocycles. The highest BCUT2D eigenvalue weighted by molar-refractivity contribution is 14.0. The van der Waals surface area contributed by atoms with E-state index >= 15 is 0 Å². The molecule has 2 fully saturated rings. The molecular weight excluding hydrogens is 529 g/mol. The number of morpholine rings is 1. The molecule has 3 atom stereocenters. The van der Waals surface area contributed by atoms with Gasteiger partial charge in [0.15, 0.2) is 5.96 Å². The summed E-state index contributed by atoms with van der Waals surface area (Å²) in [5.41, 5.74) is 2.51.